The zero-order chi connectivity index (χ0) is 17.2. The van der Waals surface area contributed by atoms with Gasteiger partial charge in [0, 0.05) is 46.8 Å². The lowest BCUT2D eigenvalue weighted by atomic mass is 9.80. The summed E-state index contributed by atoms with van der Waals surface area (Å²) in [4.78, 5) is 28.6. The van der Waals surface area contributed by atoms with Gasteiger partial charge in [-0.25, -0.2) is 0 Å². The number of thioether (sulfide) groups is 1. The van der Waals surface area contributed by atoms with Gasteiger partial charge in [-0.05, 0) is 19.4 Å². The Morgan fingerprint density at radius 1 is 1.38 bits per heavy atom. The molecular formula is C18H23N3O2S. The van der Waals surface area contributed by atoms with Gasteiger partial charge in [0.2, 0.25) is 11.8 Å². The van der Waals surface area contributed by atoms with Gasteiger partial charge in [0.15, 0.2) is 0 Å². The minimum Gasteiger partial charge on any atom is -0.358 e. The van der Waals surface area contributed by atoms with Crippen LogP contribution >= 0.6 is 11.8 Å². The zero-order valence-electron chi connectivity index (χ0n) is 14.1. The number of aryl methyl sites for hydroxylation is 1. The molecule has 128 valence electrons. The van der Waals surface area contributed by atoms with E-state index in [1.165, 1.54) is 10.3 Å². The minimum absolute atomic E-state index is 0.0198. The summed E-state index contributed by atoms with van der Waals surface area (Å²) >= 11 is 1.75. The molecule has 0 radical (unpaired) electrons. The molecule has 1 atom stereocenters. The number of para-hydroxylation sites is 1. The van der Waals surface area contributed by atoms with Crippen LogP contribution in [0.1, 0.15) is 25.5 Å². The first-order valence-corrected chi connectivity index (χ1v) is 9.23. The molecule has 0 saturated carbocycles. The lowest BCUT2D eigenvalue weighted by Gasteiger charge is -2.31. The summed E-state index contributed by atoms with van der Waals surface area (Å²) in [5.41, 5.74) is 1.72. The number of carbonyl (C=O) groups excluding carboxylic acids is 2. The summed E-state index contributed by atoms with van der Waals surface area (Å²) in [7, 11) is 0. The van der Waals surface area contributed by atoms with Crippen molar-refractivity contribution in [2.24, 2.45) is 5.41 Å². The van der Waals surface area contributed by atoms with Gasteiger partial charge in [-0.2, -0.15) is 0 Å². The van der Waals surface area contributed by atoms with Crippen molar-refractivity contribution in [2.75, 3.05) is 18.8 Å². The predicted molar refractivity (Wildman–Crippen MR) is 97.1 cm³/mol. The highest BCUT2D eigenvalue weighted by Crippen LogP contribution is 2.31. The average molecular weight is 345 g/mol. The van der Waals surface area contributed by atoms with E-state index >= 15 is 0 Å². The molecule has 5 nitrogen and oxygen atoms in total. The number of aromatic nitrogens is 1. The van der Waals surface area contributed by atoms with Crippen LogP contribution in [0.3, 0.4) is 0 Å². The molecule has 3 N–H and O–H groups in total. The fourth-order valence-electron chi connectivity index (χ4n) is 3.14. The summed E-state index contributed by atoms with van der Waals surface area (Å²) in [6, 6.07) is 8.24. The fourth-order valence-corrected chi connectivity index (χ4v) is 4.15. The molecule has 2 aromatic rings. The average Bonchev–Trinajstić information content (AvgIpc) is 2.86. The molecule has 1 aliphatic heterocycles. The number of fused-ring (bicyclic) bond motifs is 1. The van der Waals surface area contributed by atoms with Gasteiger partial charge in [0.25, 0.3) is 0 Å². The molecule has 2 heterocycles. The van der Waals surface area contributed by atoms with Crippen LogP contribution in [-0.2, 0) is 9.59 Å². The maximum atomic E-state index is 12.4. The van der Waals surface area contributed by atoms with E-state index in [1.54, 1.807) is 11.8 Å². The van der Waals surface area contributed by atoms with Crippen molar-refractivity contribution < 1.29 is 9.59 Å². The number of hydrogen-bond donors (Lipinski definition) is 3. The Bertz CT molecular complexity index is 771. The number of rotatable bonds is 5. The van der Waals surface area contributed by atoms with Crippen LogP contribution < -0.4 is 10.6 Å². The van der Waals surface area contributed by atoms with E-state index in [4.69, 9.17) is 0 Å². The third kappa shape index (κ3) is 3.43. The molecule has 1 aromatic heterocycles. The number of H-pyrrole nitrogens is 1. The first-order chi connectivity index (χ1) is 11.5. The van der Waals surface area contributed by atoms with Gasteiger partial charge in [-0.1, -0.05) is 25.1 Å². The summed E-state index contributed by atoms with van der Waals surface area (Å²) in [6.07, 6.45) is 0.965. The summed E-state index contributed by atoms with van der Waals surface area (Å²) in [5.74, 6) is 0.743. The number of hydrogen-bond acceptors (Lipinski definition) is 3. The third-order valence-electron chi connectivity index (χ3n) is 4.57. The van der Waals surface area contributed by atoms with Crippen molar-refractivity contribution in [3.05, 3.63) is 30.0 Å². The van der Waals surface area contributed by atoms with Crippen LogP contribution in [0.2, 0.25) is 0 Å². The van der Waals surface area contributed by atoms with E-state index in [0.29, 0.717) is 19.5 Å². The Labute approximate surface area is 146 Å². The van der Waals surface area contributed by atoms with Crippen molar-refractivity contribution in [1.82, 2.24) is 15.6 Å². The second-order valence-electron chi connectivity index (χ2n) is 6.57. The van der Waals surface area contributed by atoms with Crippen LogP contribution in [0.4, 0.5) is 0 Å². The molecule has 24 heavy (non-hydrogen) atoms. The molecule has 3 rings (SSSR count). The molecule has 1 aliphatic rings. The van der Waals surface area contributed by atoms with E-state index in [2.05, 4.69) is 34.7 Å². The Kier molecular flexibility index (Phi) is 4.85. The van der Waals surface area contributed by atoms with Gasteiger partial charge in [0.05, 0.1) is 5.41 Å². The molecule has 0 bridgehead atoms. The third-order valence-corrected chi connectivity index (χ3v) is 5.79. The monoisotopic (exact) mass is 345 g/mol. The van der Waals surface area contributed by atoms with Crippen LogP contribution in [-0.4, -0.2) is 35.6 Å². The van der Waals surface area contributed by atoms with Crippen molar-refractivity contribution in [3.63, 3.8) is 0 Å². The lowest BCUT2D eigenvalue weighted by molar-refractivity contribution is -0.138. The van der Waals surface area contributed by atoms with Gasteiger partial charge in [-0.15, -0.1) is 11.8 Å². The molecule has 0 spiro atoms. The van der Waals surface area contributed by atoms with Gasteiger partial charge < -0.3 is 15.6 Å². The SMILES string of the molecule is Cc1[nH]c2ccccc2c1SCCNC(=O)C1(C)CCNC(=O)C1. The molecule has 6 heteroatoms. The number of amides is 2. The standard InChI is InChI=1S/C18H23N3O2S/c1-12-16(13-5-3-4-6-14(13)21-12)24-10-9-20-17(23)18(2)7-8-19-15(22)11-18/h3-6,21H,7-11H2,1-2H3,(H,19,22)(H,20,23). The van der Waals surface area contributed by atoms with E-state index in [9.17, 15) is 9.59 Å². The van der Waals surface area contributed by atoms with Crippen molar-refractivity contribution in [1.29, 1.82) is 0 Å². The number of carbonyl (C=O) groups is 2. The second-order valence-corrected chi connectivity index (χ2v) is 7.67. The first-order valence-electron chi connectivity index (χ1n) is 8.25. The Hall–Kier alpha value is -1.95. The van der Waals surface area contributed by atoms with Gasteiger partial charge >= 0.3 is 0 Å². The highest BCUT2D eigenvalue weighted by molar-refractivity contribution is 7.99. The number of nitrogens with one attached hydrogen (secondary N) is 3. The minimum atomic E-state index is -0.580. The fraction of sp³-hybridized carbons (Fsp3) is 0.444. The lowest BCUT2D eigenvalue weighted by Crippen LogP contribution is -2.48. The number of benzene rings is 1. The summed E-state index contributed by atoms with van der Waals surface area (Å²) in [6.45, 7) is 5.12. The normalized spacial score (nSPS) is 20.8. The Balaban J connectivity index is 1.54. The van der Waals surface area contributed by atoms with E-state index < -0.39 is 5.41 Å². The van der Waals surface area contributed by atoms with Crippen molar-refractivity contribution in [3.8, 4) is 0 Å². The Morgan fingerprint density at radius 2 is 2.17 bits per heavy atom. The first kappa shape index (κ1) is 16.9. The largest absolute Gasteiger partial charge is 0.358 e. The number of aromatic amines is 1. The van der Waals surface area contributed by atoms with Crippen molar-refractivity contribution >= 4 is 34.5 Å². The highest BCUT2D eigenvalue weighted by atomic mass is 32.2. The van der Waals surface area contributed by atoms with E-state index in [-0.39, 0.29) is 18.2 Å². The summed E-state index contributed by atoms with van der Waals surface area (Å²) in [5, 5.41) is 6.99. The molecule has 2 amide bonds. The van der Waals surface area contributed by atoms with E-state index in [0.717, 1.165) is 17.0 Å². The van der Waals surface area contributed by atoms with Gasteiger partial charge in [0.1, 0.15) is 0 Å². The second kappa shape index (κ2) is 6.89. The summed E-state index contributed by atoms with van der Waals surface area (Å²) < 4.78 is 0. The molecule has 1 fully saturated rings. The van der Waals surface area contributed by atoms with Crippen LogP contribution in [0.5, 0.6) is 0 Å². The molecule has 1 aromatic carbocycles. The molecule has 0 aliphatic carbocycles. The smallest absolute Gasteiger partial charge is 0.226 e. The van der Waals surface area contributed by atoms with E-state index in [1.807, 2.05) is 19.1 Å². The predicted octanol–water partition coefficient (Wildman–Crippen LogP) is 2.60. The topological polar surface area (TPSA) is 74.0 Å². The maximum Gasteiger partial charge on any atom is 0.226 e. The zero-order valence-corrected chi connectivity index (χ0v) is 14.9. The Morgan fingerprint density at radius 3 is 2.96 bits per heavy atom. The quantitative estimate of drug-likeness (QED) is 0.576. The van der Waals surface area contributed by atoms with Crippen LogP contribution in [0.15, 0.2) is 29.2 Å². The molecular weight excluding hydrogens is 322 g/mol. The van der Waals surface area contributed by atoms with Crippen LogP contribution in [0.25, 0.3) is 10.9 Å². The maximum absolute atomic E-state index is 12.4. The van der Waals surface area contributed by atoms with Gasteiger partial charge in [-0.3, -0.25) is 9.59 Å². The van der Waals surface area contributed by atoms with Crippen LogP contribution in [0, 0.1) is 12.3 Å². The highest BCUT2D eigenvalue weighted by Gasteiger charge is 2.37. The molecule has 1 unspecified atom stereocenters. The number of piperidine rings is 1. The molecule has 1 saturated heterocycles. The van der Waals surface area contributed by atoms with Crippen molar-refractivity contribution in [2.45, 2.75) is 31.6 Å².